The van der Waals surface area contributed by atoms with Crippen LogP contribution in [0.3, 0.4) is 0 Å². The Bertz CT molecular complexity index is 699. The average molecular weight is 277 g/mol. The van der Waals surface area contributed by atoms with E-state index in [2.05, 4.69) is 14.7 Å². The Morgan fingerprint density at radius 2 is 2.05 bits per heavy atom. The molecule has 0 saturated carbocycles. The number of carbonyl (C=O) groups excluding carboxylic acids is 1. The molecule has 0 aliphatic carbocycles. The molecule has 1 aromatic carbocycles. The fraction of sp³-hybridized carbons (Fsp3) is 0.0833. The molecule has 1 N–H and O–H groups in total. The molecular weight excluding hydrogens is 266 g/mol. The lowest BCUT2D eigenvalue weighted by atomic mass is 10.2. The topological polar surface area (TPSA) is 89.0 Å². The van der Waals surface area contributed by atoms with Crippen LogP contribution < -0.4 is 4.72 Å². The number of ketones is 1. The maximum Gasteiger partial charge on any atom is 0.263 e. The number of carbonyl (C=O) groups is 1. The van der Waals surface area contributed by atoms with Crippen LogP contribution in [0.2, 0.25) is 0 Å². The number of hydrogen-bond donors (Lipinski definition) is 1. The van der Waals surface area contributed by atoms with Crippen LogP contribution in [0.25, 0.3) is 0 Å². The lowest BCUT2D eigenvalue weighted by Gasteiger charge is -2.07. The van der Waals surface area contributed by atoms with Crippen molar-refractivity contribution in [1.29, 1.82) is 0 Å². The Kier molecular flexibility index (Phi) is 3.57. The molecule has 0 saturated heterocycles. The average Bonchev–Trinajstić information content (AvgIpc) is 2.39. The molecule has 0 aliphatic rings. The summed E-state index contributed by atoms with van der Waals surface area (Å²) in [5, 5.41) is 0. The number of nitrogens with zero attached hydrogens (tertiary/aromatic N) is 2. The Morgan fingerprint density at radius 1 is 1.26 bits per heavy atom. The molecule has 1 aromatic heterocycles. The zero-order valence-corrected chi connectivity index (χ0v) is 10.9. The molecule has 0 spiro atoms. The molecule has 0 atom stereocenters. The smallest absolute Gasteiger partial charge is 0.263 e. The summed E-state index contributed by atoms with van der Waals surface area (Å²) in [6, 6.07) is 5.80. The first-order chi connectivity index (χ1) is 8.99. The normalized spacial score (nSPS) is 11.0. The first-order valence-corrected chi connectivity index (χ1v) is 6.87. The molecule has 1 heterocycles. The van der Waals surface area contributed by atoms with Crippen LogP contribution >= 0.6 is 0 Å². The molecule has 0 fully saturated rings. The van der Waals surface area contributed by atoms with E-state index in [0.717, 1.165) is 0 Å². The molecule has 2 rings (SSSR count). The quantitative estimate of drug-likeness (QED) is 0.855. The van der Waals surface area contributed by atoms with E-state index < -0.39 is 10.0 Å². The molecule has 98 valence electrons. The van der Waals surface area contributed by atoms with Gasteiger partial charge in [-0.2, -0.15) is 0 Å². The predicted molar refractivity (Wildman–Crippen MR) is 69.3 cm³/mol. The highest BCUT2D eigenvalue weighted by Gasteiger charge is 2.16. The Morgan fingerprint density at radius 3 is 2.68 bits per heavy atom. The van der Waals surface area contributed by atoms with Gasteiger partial charge in [0, 0.05) is 18.0 Å². The van der Waals surface area contributed by atoms with Crippen molar-refractivity contribution >= 4 is 21.6 Å². The molecule has 6 nitrogen and oxygen atoms in total. The highest BCUT2D eigenvalue weighted by Crippen LogP contribution is 2.15. The van der Waals surface area contributed by atoms with E-state index in [1.807, 2.05) is 0 Å². The number of sulfonamides is 1. The van der Waals surface area contributed by atoms with Crippen molar-refractivity contribution in [2.24, 2.45) is 0 Å². The fourth-order valence-electron chi connectivity index (χ4n) is 1.43. The Labute approximate surface area is 110 Å². The Hall–Kier alpha value is -2.28. The number of aromatic nitrogens is 2. The first-order valence-electron chi connectivity index (χ1n) is 5.39. The van der Waals surface area contributed by atoms with Crippen molar-refractivity contribution in [3.63, 3.8) is 0 Å². The molecule has 0 aliphatic heterocycles. The van der Waals surface area contributed by atoms with Gasteiger partial charge in [0.2, 0.25) is 0 Å². The van der Waals surface area contributed by atoms with Crippen molar-refractivity contribution in [3.05, 3.63) is 48.4 Å². The number of anilines is 1. The van der Waals surface area contributed by atoms with Crippen LogP contribution in [0.5, 0.6) is 0 Å². The number of Topliss-reactive ketones (excluding diaryl/α,β-unsaturated/α-hetero) is 1. The van der Waals surface area contributed by atoms with E-state index in [0.29, 0.717) is 5.56 Å². The SMILES string of the molecule is CC(=O)c1cccc(S(=O)(=O)Nc2cnccn2)c1. The molecule has 0 bridgehead atoms. The van der Waals surface area contributed by atoms with E-state index in [4.69, 9.17) is 0 Å². The van der Waals surface area contributed by atoms with Crippen LogP contribution in [-0.2, 0) is 10.0 Å². The summed E-state index contributed by atoms with van der Waals surface area (Å²) in [6.07, 6.45) is 4.12. The molecule has 0 radical (unpaired) electrons. The minimum atomic E-state index is -3.77. The molecule has 19 heavy (non-hydrogen) atoms. The van der Waals surface area contributed by atoms with Gasteiger partial charge in [-0.15, -0.1) is 0 Å². The maximum absolute atomic E-state index is 12.1. The van der Waals surface area contributed by atoms with Crippen molar-refractivity contribution in [3.8, 4) is 0 Å². The maximum atomic E-state index is 12.1. The van der Waals surface area contributed by atoms with Crippen molar-refractivity contribution in [2.75, 3.05) is 4.72 Å². The lowest BCUT2D eigenvalue weighted by molar-refractivity contribution is 0.101. The minimum absolute atomic E-state index is 0.00542. The summed E-state index contributed by atoms with van der Waals surface area (Å²) in [6.45, 7) is 1.38. The number of benzene rings is 1. The zero-order valence-electron chi connectivity index (χ0n) is 10.1. The predicted octanol–water partition coefficient (Wildman–Crippen LogP) is 1.48. The lowest BCUT2D eigenvalue weighted by Crippen LogP contribution is -2.14. The second-order valence-corrected chi connectivity index (χ2v) is 5.46. The summed E-state index contributed by atoms with van der Waals surface area (Å²) < 4.78 is 26.5. The van der Waals surface area contributed by atoms with Gasteiger partial charge in [-0.3, -0.25) is 14.5 Å². The van der Waals surface area contributed by atoms with Gasteiger partial charge in [-0.25, -0.2) is 13.4 Å². The van der Waals surface area contributed by atoms with Gasteiger partial charge >= 0.3 is 0 Å². The number of hydrogen-bond acceptors (Lipinski definition) is 5. The largest absolute Gasteiger partial charge is 0.295 e. The third-order valence-electron chi connectivity index (χ3n) is 2.35. The van der Waals surface area contributed by atoms with E-state index >= 15 is 0 Å². The molecule has 0 unspecified atom stereocenters. The van der Waals surface area contributed by atoms with E-state index in [1.165, 1.54) is 43.7 Å². The van der Waals surface area contributed by atoms with Crippen molar-refractivity contribution in [2.45, 2.75) is 11.8 Å². The van der Waals surface area contributed by atoms with Crippen LogP contribution in [0.1, 0.15) is 17.3 Å². The van der Waals surface area contributed by atoms with Gasteiger partial charge in [0.25, 0.3) is 10.0 Å². The highest BCUT2D eigenvalue weighted by atomic mass is 32.2. The fourth-order valence-corrected chi connectivity index (χ4v) is 2.47. The minimum Gasteiger partial charge on any atom is -0.295 e. The summed E-state index contributed by atoms with van der Waals surface area (Å²) in [5.41, 5.74) is 0.335. The van der Waals surface area contributed by atoms with Gasteiger partial charge in [0.15, 0.2) is 11.6 Å². The second-order valence-electron chi connectivity index (χ2n) is 3.78. The highest BCUT2D eigenvalue weighted by molar-refractivity contribution is 7.92. The van der Waals surface area contributed by atoms with Gasteiger partial charge in [-0.05, 0) is 19.1 Å². The second kappa shape index (κ2) is 5.15. The van der Waals surface area contributed by atoms with E-state index in [-0.39, 0.29) is 16.5 Å². The van der Waals surface area contributed by atoms with Crippen LogP contribution in [0.15, 0.2) is 47.8 Å². The summed E-state index contributed by atoms with van der Waals surface area (Å²) in [4.78, 5) is 18.8. The van der Waals surface area contributed by atoms with Crippen LogP contribution in [-0.4, -0.2) is 24.2 Å². The first kappa shape index (κ1) is 13.2. The molecule has 2 aromatic rings. The number of rotatable bonds is 4. The summed E-state index contributed by atoms with van der Waals surface area (Å²) >= 11 is 0. The molecule has 0 amide bonds. The van der Waals surface area contributed by atoms with E-state index in [1.54, 1.807) is 6.07 Å². The number of nitrogens with one attached hydrogen (secondary N) is 1. The third-order valence-corrected chi connectivity index (χ3v) is 3.71. The van der Waals surface area contributed by atoms with Gasteiger partial charge in [-0.1, -0.05) is 12.1 Å². The third kappa shape index (κ3) is 3.14. The molecule has 7 heteroatoms. The summed E-state index contributed by atoms with van der Waals surface area (Å²) in [7, 11) is -3.77. The monoisotopic (exact) mass is 277 g/mol. The zero-order chi connectivity index (χ0) is 13.9. The molecular formula is C12H11N3O3S. The van der Waals surface area contributed by atoms with Gasteiger partial charge in [0.05, 0.1) is 11.1 Å². The van der Waals surface area contributed by atoms with Crippen LogP contribution in [0.4, 0.5) is 5.82 Å². The Balaban J connectivity index is 2.35. The van der Waals surface area contributed by atoms with Gasteiger partial charge in [0.1, 0.15) is 0 Å². The summed E-state index contributed by atoms with van der Waals surface area (Å²) in [5.74, 6) is -0.0766. The standard InChI is InChI=1S/C12H11N3O3S/c1-9(16)10-3-2-4-11(7-10)19(17,18)15-12-8-13-5-6-14-12/h2-8H,1H3,(H,14,15). The van der Waals surface area contributed by atoms with Crippen molar-refractivity contribution in [1.82, 2.24) is 9.97 Å². The van der Waals surface area contributed by atoms with E-state index in [9.17, 15) is 13.2 Å². The van der Waals surface area contributed by atoms with Gasteiger partial charge < -0.3 is 0 Å². The van der Waals surface area contributed by atoms with Crippen molar-refractivity contribution < 1.29 is 13.2 Å². The van der Waals surface area contributed by atoms with Crippen LogP contribution in [0, 0.1) is 0 Å².